The van der Waals surface area contributed by atoms with Crippen molar-refractivity contribution in [1.29, 1.82) is 0 Å². The normalized spacial score (nSPS) is 15.4. The van der Waals surface area contributed by atoms with Crippen LogP contribution in [0.5, 0.6) is 5.75 Å². The number of imidazole rings is 1. The van der Waals surface area contributed by atoms with Gasteiger partial charge in [-0.1, -0.05) is 30.3 Å². The number of carbonyl (C=O) groups excluding carboxylic acids is 1. The molecule has 1 amide bonds. The van der Waals surface area contributed by atoms with Crippen LogP contribution in [0.4, 0.5) is 8.78 Å². The number of nitrogens with one attached hydrogen (secondary N) is 2. The maximum Gasteiger partial charge on any atom is 0.226 e. The number of halogens is 2. The Morgan fingerprint density at radius 1 is 1.28 bits per heavy atom. The minimum atomic E-state index is -0.711. The summed E-state index contributed by atoms with van der Waals surface area (Å²) in [7, 11) is 0. The number of benzene rings is 2. The van der Waals surface area contributed by atoms with Gasteiger partial charge in [-0.3, -0.25) is 4.79 Å². The summed E-state index contributed by atoms with van der Waals surface area (Å²) in [6.45, 7) is 0.615. The monoisotopic (exact) mass is 415 g/mol. The number of aromatic amines is 1. The van der Waals surface area contributed by atoms with Crippen molar-refractivity contribution in [3.63, 3.8) is 0 Å². The molecule has 3 aromatic rings. The van der Waals surface area contributed by atoms with Crippen LogP contribution in [0.3, 0.4) is 0 Å². The summed E-state index contributed by atoms with van der Waals surface area (Å²) in [6.07, 6.45) is 2.17. The van der Waals surface area contributed by atoms with Crippen LogP contribution < -0.4 is 10.1 Å². The smallest absolute Gasteiger partial charge is 0.226 e. The lowest BCUT2D eigenvalue weighted by Crippen LogP contribution is -2.29. The summed E-state index contributed by atoms with van der Waals surface area (Å²) < 4.78 is 35.3. The quantitative estimate of drug-likeness (QED) is 0.622. The zero-order valence-electron chi connectivity index (χ0n) is 15.5. The van der Waals surface area contributed by atoms with Gasteiger partial charge in [0.05, 0.1) is 12.5 Å². The molecule has 0 bridgehead atoms. The number of amides is 1. The van der Waals surface area contributed by atoms with Gasteiger partial charge in [-0.05, 0) is 23.8 Å². The molecular weight excluding hydrogens is 396 g/mol. The highest BCUT2D eigenvalue weighted by atomic mass is 32.1. The first kappa shape index (κ1) is 19.3. The van der Waals surface area contributed by atoms with Crippen LogP contribution in [0, 0.1) is 16.4 Å². The van der Waals surface area contributed by atoms with E-state index in [1.807, 2.05) is 30.3 Å². The molecule has 5 nitrogen and oxygen atoms in total. The molecule has 0 fully saturated rings. The van der Waals surface area contributed by atoms with E-state index in [1.165, 1.54) is 6.07 Å². The Morgan fingerprint density at radius 3 is 2.86 bits per heavy atom. The van der Waals surface area contributed by atoms with Crippen molar-refractivity contribution < 1.29 is 18.3 Å². The van der Waals surface area contributed by atoms with Crippen molar-refractivity contribution in [2.45, 2.75) is 25.4 Å². The number of nitrogens with zero attached hydrogens (tertiary/aromatic N) is 1. The summed E-state index contributed by atoms with van der Waals surface area (Å²) in [5.74, 6) is -1.43. The van der Waals surface area contributed by atoms with E-state index in [0.717, 1.165) is 11.6 Å². The minimum absolute atomic E-state index is 0.0758. The van der Waals surface area contributed by atoms with Crippen molar-refractivity contribution in [3.05, 3.63) is 81.9 Å². The number of rotatable bonds is 5. The van der Waals surface area contributed by atoms with Crippen molar-refractivity contribution >= 4 is 18.1 Å². The van der Waals surface area contributed by atoms with Gasteiger partial charge in [0.25, 0.3) is 0 Å². The van der Waals surface area contributed by atoms with Crippen molar-refractivity contribution in [3.8, 4) is 5.75 Å². The molecule has 0 radical (unpaired) electrons. The maximum atomic E-state index is 13.9. The summed E-state index contributed by atoms with van der Waals surface area (Å²) in [5, 5.41) is 2.89. The molecule has 2 N–H and O–H groups in total. The number of H-pyrrole nitrogens is 1. The highest BCUT2D eigenvalue weighted by Gasteiger charge is 2.27. The summed E-state index contributed by atoms with van der Waals surface area (Å²) >= 11 is 5.37. The second kappa shape index (κ2) is 8.16. The molecule has 1 aliphatic heterocycles. The highest BCUT2D eigenvalue weighted by Crippen LogP contribution is 2.33. The Bertz CT molecular complexity index is 1100. The number of hydrogen-bond acceptors (Lipinski definition) is 3. The molecule has 2 heterocycles. The lowest BCUT2D eigenvalue weighted by atomic mass is 10.0. The molecule has 29 heavy (non-hydrogen) atoms. The third kappa shape index (κ3) is 4.22. The molecule has 150 valence electrons. The van der Waals surface area contributed by atoms with E-state index in [4.69, 9.17) is 17.0 Å². The number of carbonyl (C=O) groups is 1. The van der Waals surface area contributed by atoms with Crippen LogP contribution in [0.2, 0.25) is 0 Å². The lowest BCUT2D eigenvalue weighted by molar-refractivity contribution is -0.120. The van der Waals surface area contributed by atoms with E-state index in [-0.39, 0.29) is 30.7 Å². The van der Waals surface area contributed by atoms with Gasteiger partial charge in [0, 0.05) is 36.5 Å². The Labute approximate surface area is 171 Å². The van der Waals surface area contributed by atoms with Crippen molar-refractivity contribution in [2.24, 2.45) is 0 Å². The number of fused-ring (bicyclic) bond motifs is 1. The van der Waals surface area contributed by atoms with E-state index in [9.17, 15) is 13.6 Å². The van der Waals surface area contributed by atoms with E-state index < -0.39 is 11.6 Å². The molecule has 0 aliphatic carbocycles. The van der Waals surface area contributed by atoms with Gasteiger partial charge >= 0.3 is 0 Å². The fourth-order valence-electron chi connectivity index (χ4n) is 3.56. The molecule has 0 spiro atoms. The third-order valence-corrected chi connectivity index (χ3v) is 5.21. The Balaban J connectivity index is 1.49. The topological polar surface area (TPSA) is 59.0 Å². The minimum Gasteiger partial charge on any atom is -0.488 e. The number of ether oxygens (including phenoxy) is 1. The lowest BCUT2D eigenvalue weighted by Gasteiger charge is -2.27. The predicted molar refractivity (Wildman–Crippen MR) is 106 cm³/mol. The van der Waals surface area contributed by atoms with Crippen LogP contribution in [-0.2, 0) is 24.2 Å². The molecule has 1 aliphatic rings. The molecule has 0 saturated carbocycles. The molecule has 0 unspecified atom stereocenters. The third-order valence-electron chi connectivity index (χ3n) is 4.89. The van der Waals surface area contributed by atoms with E-state index in [2.05, 4.69) is 10.3 Å². The van der Waals surface area contributed by atoms with Gasteiger partial charge in [0.1, 0.15) is 12.4 Å². The summed E-state index contributed by atoms with van der Waals surface area (Å²) in [4.78, 5) is 15.4. The van der Waals surface area contributed by atoms with Gasteiger partial charge in [0.15, 0.2) is 16.3 Å². The Hall–Kier alpha value is -3.00. The molecule has 2 aromatic carbocycles. The summed E-state index contributed by atoms with van der Waals surface area (Å²) in [6, 6.07) is 11.4. The van der Waals surface area contributed by atoms with Gasteiger partial charge < -0.3 is 19.6 Å². The fraction of sp³-hybridized carbons (Fsp3) is 0.238. The molecular formula is C21H19F2N3O2S. The van der Waals surface area contributed by atoms with Crippen LogP contribution in [0.1, 0.15) is 22.9 Å². The highest BCUT2D eigenvalue weighted by molar-refractivity contribution is 7.71. The van der Waals surface area contributed by atoms with Crippen LogP contribution in [-0.4, -0.2) is 22.1 Å². The van der Waals surface area contributed by atoms with Gasteiger partial charge in [-0.25, -0.2) is 8.78 Å². The molecule has 0 saturated heterocycles. The standard InChI is InChI=1S/C21H19F2N3O2S/c22-15-6-14-7-17(12-28-20(14)18(23)8-15)26-16(11-25-21(26)29)9-19(27)24-10-13-4-2-1-3-5-13/h1-6,8,11,17H,7,9-10,12H2,(H,24,27)(H,25,29)/t17-/m1/s1. The van der Waals surface area contributed by atoms with Crippen LogP contribution in [0.25, 0.3) is 0 Å². The average Bonchev–Trinajstić information content (AvgIpc) is 3.06. The molecule has 1 atom stereocenters. The Kier molecular flexibility index (Phi) is 5.44. The molecule has 1 aromatic heterocycles. The fourth-order valence-corrected chi connectivity index (χ4v) is 3.88. The Morgan fingerprint density at radius 2 is 2.07 bits per heavy atom. The zero-order valence-corrected chi connectivity index (χ0v) is 16.3. The largest absolute Gasteiger partial charge is 0.488 e. The number of hydrogen-bond donors (Lipinski definition) is 2. The van der Waals surface area contributed by atoms with Crippen molar-refractivity contribution in [1.82, 2.24) is 14.9 Å². The summed E-state index contributed by atoms with van der Waals surface area (Å²) in [5.41, 5.74) is 2.14. The van der Waals surface area contributed by atoms with Crippen LogP contribution in [0.15, 0.2) is 48.7 Å². The first-order chi connectivity index (χ1) is 14.0. The SMILES string of the molecule is O=C(Cc1c[nH]c(=S)n1[C@H]1COc2c(F)cc(F)cc2C1)NCc1ccccc1. The second-order valence-corrected chi connectivity index (χ2v) is 7.33. The van der Waals surface area contributed by atoms with E-state index in [0.29, 0.717) is 29.0 Å². The van der Waals surface area contributed by atoms with Crippen molar-refractivity contribution in [2.75, 3.05) is 6.61 Å². The van der Waals surface area contributed by atoms with Gasteiger partial charge in [-0.2, -0.15) is 0 Å². The first-order valence-electron chi connectivity index (χ1n) is 9.21. The number of aromatic nitrogens is 2. The van der Waals surface area contributed by atoms with Gasteiger partial charge in [-0.15, -0.1) is 0 Å². The average molecular weight is 415 g/mol. The van der Waals surface area contributed by atoms with E-state index in [1.54, 1.807) is 10.8 Å². The second-order valence-electron chi connectivity index (χ2n) is 6.94. The molecule has 8 heteroatoms. The predicted octanol–water partition coefficient (Wildman–Crippen LogP) is 3.86. The molecule has 4 rings (SSSR count). The van der Waals surface area contributed by atoms with E-state index >= 15 is 0 Å². The van der Waals surface area contributed by atoms with Gasteiger partial charge in [0.2, 0.25) is 5.91 Å². The first-order valence-corrected chi connectivity index (χ1v) is 9.62. The maximum absolute atomic E-state index is 13.9. The zero-order chi connectivity index (χ0) is 20.4. The van der Waals surface area contributed by atoms with Crippen LogP contribution >= 0.6 is 12.2 Å².